The van der Waals surface area contributed by atoms with Crippen molar-refractivity contribution in [3.8, 4) is 0 Å². The first kappa shape index (κ1) is 11.3. The fraction of sp³-hybridized carbons (Fsp3) is 0.538. The highest BCUT2D eigenvalue weighted by Crippen LogP contribution is 2.16. The second-order valence-corrected chi connectivity index (χ2v) is 4.47. The van der Waals surface area contributed by atoms with Gasteiger partial charge in [-0.1, -0.05) is 32.0 Å². The molecule has 0 spiro atoms. The van der Waals surface area contributed by atoms with E-state index >= 15 is 0 Å². The lowest BCUT2D eigenvalue weighted by atomic mass is 9.93. The van der Waals surface area contributed by atoms with E-state index in [0.717, 1.165) is 6.42 Å². The molecule has 78 valence electrons. The summed E-state index contributed by atoms with van der Waals surface area (Å²) < 4.78 is 0. The van der Waals surface area contributed by atoms with Gasteiger partial charge in [0.05, 0.1) is 0 Å². The zero-order chi connectivity index (χ0) is 10.7. The van der Waals surface area contributed by atoms with Crippen LogP contribution in [0.15, 0.2) is 18.2 Å². The fourth-order valence-electron chi connectivity index (χ4n) is 1.52. The van der Waals surface area contributed by atoms with Crippen LogP contribution < -0.4 is 5.73 Å². The average molecular weight is 191 g/mol. The van der Waals surface area contributed by atoms with Gasteiger partial charge in [-0.25, -0.2) is 0 Å². The zero-order valence-corrected chi connectivity index (χ0v) is 9.67. The Hall–Kier alpha value is -0.820. The topological polar surface area (TPSA) is 26.0 Å². The summed E-state index contributed by atoms with van der Waals surface area (Å²) in [6, 6.07) is 6.73. The van der Waals surface area contributed by atoms with Crippen LogP contribution in [-0.2, 0) is 6.42 Å². The molecule has 0 fully saturated rings. The molecule has 0 radical (unpaired) electrons. The average Bonchev–Trinajstić information content (AvgIpc) is 2.12. The summed E-state index contributed by atoms with van der Waals surface area (Å²) in [5, 5.41) is 0. The Balaban J connectivity index is 2.82. The van der Waals surface area contributed by atoms with Crippen LogP contribution >= 0.6 is 0 Å². The lowest BCUT2D eigenvalue weighted by Gasteiger charge is -2.17. The molecule has 0 aliphatic rings. The monoisotopic (exact) mass is 191 g/mol. The number of benzene rings is 1. The van der Waals surface area contributed by atoms with Crippen molar-refractivity contribution in [3.05, 3.63) is 34.9 Å². The van der Waals surface area contributed by atoms with Crippen LogP contribution in [0.1, 0.15) is 30.5 Å². The van der Waals surface area contributed by atoms with E-state index in [1.165, 1.54) is 16.7 Å². The van der Waals surface area contributed by atoms with E-state index < -0.39 is 0 Å². The van der Waals surface area contributed by atoms with Crippen LogP contribution in [0, 0.1) is 19.8 Å². The van der Waals surface area contributed by atoms with Crippen LogP contribution in [0.4, 0.5) is 0 Å². The standard InChI is InChI=1S/C13H21N/c1-9(2)13(14)8-12-7-5-6-10(3)11(12)4/h5-7,9,13H,8,14H2,1-4H3. The molecule has 1 unspecified atom stereocenters. The number of nitrogens with two attached hydrogens (primary N) is 1. The molecule has 1 aromatic carbocycles. The maximum Gasteiger partial charge on any atom is 0.0103 e. The van der Waals surface area contributed by atoms with E-state index in [-0.39, 0.29) is 6.04 Å². The number of hydrogen-bond donors (Lipinski definition) is 1. The predicted octanol–water partition coefficient (Wildman–Crippen LogP) is 2.83. The van der Waals surface area contributed by atoms with E-state index in [9.17, 15) is 0 Å². The summed E-state index contributed by atoms with van der Waals surface area (Å²) in [4.78, 5) is 0. The largest absolute Gasteiger partial charge is 0.327 e. The van der Waals surface area contributed by atoms with Gasteiger partial charge in [0.25, 0.3) is 0 Å². The summed E-state index contributed by atoms with van der Waals surface area (Å²) in [6.45, 7) is 8.68. The summed E-state index contributed by atoms with van der Waals surface area (Å²) in [7, 11) is 0. The highest BCUT2D eigenvalue weighted by Gasteiger charge is 2.10. The minimum atomic E-state index is 0.274. The molecule has 1 rings (SSSR count). The molecule has 14 heavy (non-hydrogen) atoms. The van der Waals surface area contributed by atoms with Crippen molar-refractivity contribution in [2.45, 2.75) is 40.2 Å². The van der Waals surface area contributed by atoms with Crippen molar-refractivity contribution in [1.29, 1.82) is 0 Å². The first-order valence-electron chi connectivity index (χ1n) is 5.33. The minimum Gasteiger partial charge on any atom is -0.327 e. The van der Waals surface area contributed by atoms with E-state index in [1.807, 2.05) is 0 Å². The lowest BCUT2D eigenvalue weighted by Crippen LogP contribution is -2.29. The first-order valence-corrected chi connectivity index (χ1v) is 5.33. The van der Waals surface area contributed by atoms with Crippen molar-refractivity contribution in [2.24, 2.45) is 11.7 Å². The molecule has 0 amide bonds. The summed E-state index contributed by atoms with van der Waals surface area (Å²) in [6.07, 6.45) is 0.991. The summed E-state index contributed by atoms with van der Waals surface area (Å²) in [5.74, 6) is 0.551. The number of rotatable bonds is 3. The van der Waals surface area contributed by atoms with E-state index in [2.05, 4.69) is 45.9 Å². The molecule has 0 aromatic heterocycles. The molecule has 1 atom stereocenters. The number of hydrogen-bond acceptors (Lipinski definition) is 1. The van der Waals surface area contributed by atoms with Crippen LogP contribution in [0.25, 0.3) is 0 Å². The highest BCUT2D eigenvalue weighted by molar-refractivity contribution is 5.33. The van der Waals surface area contributed by atoms with Gasteiger partial charge in [0.2, 0.25) is 0 Å². The smallest absolute Gasteiger partial charge is 0.0103 e. The van der Waals surface area contributed by atoms with Gasteiger partial charge in [-0.15, -0.1) is 0 Å². The second kappa shape index (κ2) is 4.61. The maximum absolute atomic E-state index is 6.07. The number of aryl methyl sites for hydroxylation is 1. The van der Waals surface area contributed by atoms with Crippen LogP contribution in [0.5, 0.6) is 0 Å². The van der Waals surface area contributed by atoms with Crippen LogP contribution in [0.3, 0.4) is 0 Å². The molecule has 0 saturated heterocycles. The van der Waals surface area contributed by atoms with Gasteiger partial charge in [0, 0.05) is 6.04 Å². The van der Waals surface area contributed by atoms with Crippen molar-refractivity contribution in [3.63, 3.8) is 0 Å². The molecular formula is C13H21N. The third-order valence-corrected chi connectivity index (χ3v) is 3.03. The lowest BCUT2D eigenvalue weighted by molar-refractivity contribution is 0.490. The first-order chi connectivity index (χ1) is 6.52. The predicted molar refractivity (Wildman–Crippen MR) is 62.4 cm³/mol. The van der Waals surface area contributed by atoms with E-state index in [1.54, 1.807) is 0 Å². The van der Waals surface area contributed by atoms with Crippen molar-refractivity contribution >= 4 is 0 Å². The molecule has 0 bridgehead atoms. The van der Waals surface area contributed by atoms with Gasteiger partial charge in [-0.2, -0.15) is 0 Å². The molecule has 1 heteroatoms. The van der Waals surface area contributed by atoms with Gasteiger partial charge in [0.1, 0.15) is 0 Å². The Kier molecular flexibility index (Phi) is 3.70. The van der Waals surface area contributed by atoms with Crippen LogP contribution in [0.2, 0.25) is 0 Å². The highest BCUT2D eigenvalue weighted by atomic mass is 14.6. The molecule has 0 saturated carbocycles. The molecule has 2 N–H and O–H groups in total. The molecule has 0 aliphatic heterocycles. The Morgan fingerprint density at radius 2 is 1.86 bits per heavy atom. The minimum absolute atomic E-state index is 0.274. The maximum atomic E-state index is 6.07. The van der Waals surface area contributed by atoms with Gasteiger partial charge in [-0.05, 0) is 42.9 Å². The Morgan fingerprint density at radius 3 is 2.43 bits per heavy atom. The fourth-order valence-corrected chi connectivity index (χ4v) is 1.52. The van der Waals surface area contributed by atoms with Gasteiger partial charge in [0.15, 0.2) is 0 Å². The quantitative estimate of drug-likeness (QED) is 0.781. The third kappa shape index (κ3) is 2.58. The van der Waals surface area contributed by atoms with Gasteiger partial charge in [-0.3, -0.25) is 0 Å². The van der Waals surface area contributed by atoms with Crippen molar-refractivity contribution in [2.75, 3.05) is 0 Å². The summed E-state index contributed by atoms with van der Waals surface area (Å²) in [5.41, 5.74) is 10.2. The van der Waals surface area contributed by atoms with Crippen molar-refractivity contribution in [1.82, 2.24) is 0 Å². The van der Waals surface area contributed by atoms with E-state index in [4.69, 9.17) is 5.73 Å². The Morgan fingerprint density at radius 1 is 1.21 bits per heavy atom. The normalized spacial score (nSPS) is 13.3. The third-order valence-electron chi connectivity index (χ3n) is 3.03. The van der Waals surface area contributed by atoms with Gasteiger partial charge < -0.3 is 5.73 Å². The second-order valence-electron chi connectivity index (χ2n) is 4.47. The van der Waals surface area contributed by atoms with Crippen LogP contribution in [-0.4, -0.2) is 6.04 Å². The molecule has 1 nitrogen and oxygen atoms in total. The molecule has 0 aliphatic carbocycles. The van der Waals surface area contributed by atoms with Crippen molar-refractivity contribution < 1.29 is 0 Å². The molecule has 1 aromatic rings. The summed E-state index contributed by atoms with van der Waals surface area (Å²) >= 11 is 0. The molecular weight excluding hydrogens is 170 g/mol. The zero-order valence-electron chi connectivity index (χ0n) is 9.67. The molecule has 0 heterocycles. The Bertz CT molecular complexity index is 302. The van der Waals surface area contributed by atoms with E-state index in [0.29, 0.717) is 5.92 Å². The van der Waals surface area contributed by atoms with Gasteiger partial charge >= 0.3 is 0 Å². The SMILES string of the molecule is Cc1cccc(CC(N)C(C)C)c1C. The Labute approximate surface area is 87.3 Å².